The van der Waals surface area contributed by atoms with Gasteiger partial charge in [-0.05, 0) is 12.1 Å². The molecule has 1 rings (SSSR count). The highest BCUT2D eigenvalue weighted by atomic mass is 19.4. The number of carbonyl (C=O) groups is 1. The lowest BCUT2D eigenvalue weighted by Crippen LogP contribution is -2.18. The summed E-state index contributed by atoms with van der Waals surface area (Å²) in [7, 11) is 1.31. The number of hydrogen-bond acceptors (Lipinski definition) is 4. The van der Waals surface area contributed by atoms with E-state index >= 15 is 0 Å². The molecule has 100 valence electrons. The molecule has 0 atom stereocenters. The van der Waals surface area contributed by atoms with Gasteiger partial charge in [0.05, 0.1) is 5.69 Å². The molecule has 0 aliphatic rings. The molecule has 18 heavy (non-hydrogen) atoms. The van der Waals surface area contributed by atoms with Crippen molar-refractivity contribution < 1.29 is 32.5 Å². The average molecular weight is 265 g/mol. The molecular formula is C10H10F3NO4. The van der Waals surface area contributed by atoms with Crippen LogP contribution < -0.4 is 10.1 Å². The topological polar surface area (TPSA) is 67.8 Å². The Morgan fingerprint density at radius 1 is 1.44 bits per heavy atom. The lowest BCUT2D eigenvalue weighted by Gasteiger charge is -2.11. The lowest BCUT2D eigenvalue weighted by atomic mass is 10.2. The third-order valence-electron chi connectivity index (χ3n) is 1.75. The van der Waals surface area contributed by atoms with Gasteiger partial charge in [0.2, 0.25) is 5.91 Å². The fourth-order valence-electron chi connectivity index (χ4n) is 1.13. The van der Waals surface area contributed by atoms with Gasteiger partial charge in [-0.1, -0.05) is 0 Å². The molecule has 1 aromatic rings. The Morgan fingerprint density at radius 2 is 2.11 bits per heavy atom. The summed E-state index contributed by atoms with van der Waals surface area (Å²) in [6.45, 7) is -0.236. The van der Waals surface area contributed by atoms with Crippen LogP contribution in [0.3, 0.4) is 0 Å². The number of alkyl halides is 3. The van der Waals surface area contributed by atoms with Gasteiger partial charge in [0.15, 0.2) is 0 Å². The first-order chi connectivity index (χ1) is 8.31. The van der Waals surface area contributed by atoms with E-state index in [0.717, 1.165) is 18.2 Å². The van der Waals surface area contributed by atoms with E-state index in [4.69, 9.17) is 0 Å². The standard InChI is InChI=1S/C10H10F3NO4/c1-17-5-9(16)14-7-3-2-6(4-8(7)15)18-10(11,12)13/h2-4,15H,5H2,1H3,(H,14,16). The monoisotopic (exact) mass is 265 g/mol. The van der Waals surface area contributed by atoms with Crippen LogP contribution in [0.25, 0.3) is 0 Å². The van der Waals surface area contributed by atoms with E-state index in [0.29, 0.717) is 0 Å². The molecular weight excluding hydrogens is 255 g/mol. The zero-order chi connectivity index (χ0) is 13.8. The minimum atomic E-state index is -4.84. The number of halogens is 3. The Bertz CT molecular complexity index is 434. The van der Waals surface area contributed by atoms with E-state index in [1.54, 1.807) is 0 Å². The van der Waals surface area contributed by atoms with Crippen LogP contribution in [0, 0.1) is 0 Å². The summed E-state index contributed by atoms with van der Waals surface area (Å²) in [6, 6.07) is 2.80. The lowest BCUT2D eigenvalue weighted by molar-refractivity contribution is -0.274. The largest absolute Gasteiger partial charge is 0.573 e. The maximum Gasteiger partial charge on any atom is 0.573 e. The first kappa shape index (κ1) is 14.1. The summed E-state index contributed by atoms with van der Waals surface area (Å²) in [4.78, 5) is 11.1. The van der Waals surface area contributed by atoms with Crippen LogP contribution in [0.5, 0.6) is 11.5 Å². The van der Waals surface area contributed by atoms with E-state index < -0.39 is 23.8 Å². The second-order valence-electron chi connectivity index (χ2n) is 3.21. The Hall–Kier alpha value is -1.96. The van der Waals surface area contributed by atoms with Crippen molar-refractivity contribution in [1.29, 1.82) is 0 Å². The van der Waals surface area contributed by atoms with Crippen molar-refractivity contribution in [3.63, 3.8) is 0 Å². The number of phenols is 1. The van der Waals surface area contributed by atoms with Crippen molar-refractivity contribution in [1.82, 2.24) is 0 Å². The van der Waals surface area contributed by atoms with Gasteiger partial charge in [0, 0.05) is 13.2 Å². The van der Waals surface area contributed by atoms with Gasteiger partial charge in [-0.3, -0.25) is 4.79 Å². The molecule has 0 heterocycles. The second kappa shape index (κ2) is 5.58. The summed E-state index contributed by atoms with van der Waals surface area (Å²) >= 11 is 0. The van der Waals surface area contributed by atoms with Crippen LogP contribution in [0.15, 0.2) is 18.2 Å². The van der Waals surface area contributed by atoms with E-state index in [9.17, 15) is 23.1 Å². The summed E-state index contributed by atoms with van der Waals surface area (Å²) in [5.74, 6) is -1.66. The molecule has 2 N–H and O–H groups in total. The molecule has 0 saturated carbocycles. The first-order valence-corrected chi connectivity index (χ1v) is 4.69. The van der Waals surface area contributed by atoms with Crippen LogP contribution >= 0.6 is 0 Å². The van der Waals surface area contributed by atoms with E-state index in [1.807, 2.05) is 0 Å². The second-order valence-corrected chi connectivity index (χ2v) is 3.21. The van der Waals surface area contributed by atoms with Gasteiger partial charge < -0.3 is 19.9 Å². The Morgan fingerprint density at radius 3 is 2.61 bits per heavy atom. The van der Waals surface area contributed by atoms with Crippen LogP contribution in [-0.4, -0.2) is 31.1 Å². The summed E-state index contributed by atoms with van der Waals surface area (Å²) < 4.78 is 43.8. The molecule has 0 aliphatic carbocycles. The molecule has 0 fully saturated rings. The number of aromatic hydroxyl groups is 1. The Kier molecular flexibility index (Phi) is 4.38. The van der Waals surface area contributed by atoms with Crippen molar-refractivity contribution in [2.24, 2.45) is 0 Å². The molecule has 0 radical (unpaired) electrons. The van der Waals surface area contributed by atoms with Crippen molar-refractivity contribution in [2.45, 2.75) is 6.36 Å². The molecule has 1 amide bonds. The fourth-order valence-corrected chi connectivity index (χ4v) is 1.13. The predicted octanol–water partition coefficient (Wildman–Crippen LogP) is 1.88. The molecule has 0 aromatic heterocycles. The molecule has 0 spiro atoms. The number of anilines is 1. The predicted molar refractivity (Wildman–Crippen MR) is 55.3 cm³/mol. The minimum Gasteiger partial charge on any atom is -0.506 e. The molecule has 0 bridgehead atoms. The molecule has 1 aromatic carbocycles. The van der Waals surface area contributed by atoms with E-state index in [2.05, 4.69) is 14.8 Å². The summed E-state index contributed by atoms with van der Waals surface area (Å²) in [5.41, 5.74) is -0.0356. The number of benzene rings is 1. The highest BCUT2D eigenvalue weighted by Gasteiger charge is 2.31. The maximum atomic E-state index is 11.9. The highest BCUT2D eigenvalue weighted by Crippen LogP contribution is 2.31. The fraction of sp³-hybridized carbons (Fsp3) is 0.300. The van der Waals surface area contributed by atoms with Crippen molar-refractivity contribution in [2.75, 3.05) is 19.0 Å². The number of carbonyl (C=O) groups excluding carboxylic acids is 1. The molecule has 8 heteroatoms. The van der Waals surface area contributed by atoms with Crippen LogP contribution in [0.1, 0.15) is 0 Å². The Labute approximate surface area is 100 Å². The zero-order valence-electron chi connectivity index (χ0n) is 9.25. The number of ether oxygens (including phenoxy) is 2. The summed E-state index contributed by atoms with van der Waals surface area (Å²) in [5, 5.41) is 11.7. The van der Waals surface area contributed by atoms with E-state index in [1.165, 1.54) is 7.11 Å². The quantitative estimate of drug-likeness (QED) is 0.815. The van der Waals surface area contributed by atoms with Gasteiger partial charge in [-0.2, -0.15) is 0 Å². The normalized spacial score (nSPS) is 11.1. The third-order valence-corrected chi connectivity index (χ3v) is 1.75. The maximum absolute atomic E-state index is 11.9. The number of rotatable bonds is 4. The van der Waals surface area contributed by atoms with Crippen molar-refractivity contribution >= 4 is 11.6 Å². The van der Waals surface area contributed by atoms with Gasteiger partial charge in [-0.15, -0.1) is 13.2 Å². The molecule has 0 unspecified atom stereocenters. The van der Waals surface area contributed by atoms with Crippen LogP contribution in [0.4, 0.5) is 18.9 Å². The van der Waals surface area contributed by atoms with Gasteiger partial charge in [0.25, 0.3) is 0 Å². The average Bonchev–Trinajstić information content (AvgIpc) is 2.20. The number of methoxy groups -OCH3 is 1. The summed E-state index contributed by atoms with van der Waals surface area (Å²) in [6.07, 6.45) is -4.84. The number of hydrogen-bond donors (Lipinski definition) is 2. The minimum absolute atomic E-state index is 0.0356. The third kappa shape index (κ3) is 4.50. The highest BCUT2D eigenvalue weighted by molar-refractivity contribution is 5.93. The van der Waals surface area contributed by atoms with Crippen LogP contribution in [0.2, 0.25) is 0 Å². The van der Waals surface area contributed by atoms with Crippen molar-refractivity contribution in [3.8, 4) is 11.5 Å². The SMILES string of the molecule is COCC(=O)Nc1ccc(OC(F)(F)F)cc1O. The number of phenolic OH excluding ortho intramolecular Hbond substituents is 1. The van der Waals surface area contributed by atoms with Crippen molar-refractivity contribution in [3.05, 3.63) is 18.2 Å². The van der Waals surface area contributed by atoms with Gasteiger partial charge in [-0.25, -0.2) is 0 Å². The zero-order valence-corrected chi connectivity index (χ0v) is 9.25. The number of amides is 1. The first-order valence-electron chi connectivity index (χ1n) is 4.69. The van der Waals surface area contributed by atoms with Crippen LogP contribution in [-0.2, 0) is 9.53 Å². The van der Waals surface area contributed by atoms with E-state index in [-0.39, 0.29) is 12.3 Å². The number of nitrogens with one attached hydrogen (secondary N) is 1. The molecule has 0 aliphatic heterocycles. The van der Waals surface area contributed by atoms with Gasteiger partial charge in [0.1, 0.15) is 18.1 Å². The Balaban J connectivity index is 2.77. The van der Waals surface area contributed by atoms with Gasteiger partial charge >= 0.3 is 6.36 Å². The molecule has 5 nitrogen and oxygen atoms in total. The smallest absolute Gasteiger partial charge is 0.506 e. The molecule has 0 saturated heterocycles.